The molecule has 3 saturated heterocycles. The first-order chi connectivity index (χ1) is 20.5. The number of piperidine rings is 3. The van der Waals surface area contributed by atoms with Gasteiger partial charge in [0.25, 0.3) is 0 Å². The summed E-state index contributed by atoms with van der Waals surface area (Å²) in [6.45, 7) is 2.91. The van der Waals surface area contributed by atoms with Crippen molar-refractivity contribution in [2.24, 2.45) is 5.92 Å². The van der Waals surface area contributed by atoms with E-state index in [0.29, 0.717) is 18.6 Å². The summed E-state index contributed by atoms with van der Waals surface area (Å²) >= 11 is 0. The molecule has 42 heavy (non-hydrogen) atoms. The molecule has 0 spiro atoms. The predicted molar refractivity (Wildman–Crippen MR) is 160 cm³/mol. The molecule has 4 aromatic carbocycles. The van der Waals surface area contributed by atoms with E-state index >= 15 is 0 Å². The minimum atomic E-state index is -1.82. The minimum absolute atomic E-state index is 0.191. The van der Waals surface area contributed by atoms with Crippen LogP contribution in [-0.4, -0.2) is 52.3 Å². The molecule has 2 bridgehead atoms. The fraction of sp³-hybridized carbons (Fsp3) is 0.257. The number of ether oxygens (including phenoxy) is 2. The zero-order valence-electron chi connectivity index (χ0n) is 23.3. The van der Waals surface area contributed by atoms with E-state index in [1.54, 1.807) is 0 Å². The SMILES string of the molecule is O=C(O)C(=O)O.c1ccc(Oc2cccc(COC3C4CCN(CC4)C3C(c3ccccc3)c3ccccc3)c2)cc1. The summed E-state index contributed by atoms with van der Waals surface area (Å²) < 4.78 is 12.9. The van der Waals surface area contributed by atoms with Crippen LogP contribution in [0.1, 0.15) is 35.4 Å². The zero-order chi connectivity index (χ0) is 29.3. The van der Waals surface area contributed by atoms with Crippen LogP contribution in [0.15, 0.2) is 115 Å². The number of rotatable bonds is 8. The maximum absolute atomic E-state index is 9.10. The molecule has 0 aromatic heterocycles. The van der Waals surface area contributed by atoms with E-state index in [9.17, 15) is 0 Å². The second-order valence-corrected chi connectivity index (χ2v) is 10.6. The van der Waals surface area contributed by atoms with Crippen molar-refractivity contribution >= 4 is 11.9 Å². The van der Waals surface area contributed by atoms with Gasteiger partial charge in [-0.1, -0.05) is 91.0 Å². The van der Waals surface area contributed by atoms with Gasteiger partial charge in [-0.05, 0) is 72.8 Å². The number of carboxylic acids is 2. The number of benzene rings is 4. The molecular weight excluding hydrogens is 530 g/mol. The van der Waals surface area contributed by atoms with E-state index in [4.69, 9.17) is 29.3 Å². The van der Waals surface area contributed by atoms with Crippen LogP contribution in [0.5, 0.6) is 11.5 Å². The molecule has 4 aromatic rings. The molecule has 7 nitrogen and oxygen atoms in total. The normalized spacial score (nSPS) is 20.8. The third-order valence-electron chi connectivity index (χ3n) is 7.96. The fourth-order valence-electron chi connectivity index (χ4n) is 6.09. The summed E-state index contributed by atoms with van der Waals surface area (Å²) in [6.07, 6.45) is 2.63. The van der Waals surface area contributed by atoms with Gasteiger partial charge in [0.1, 0.15) is 11.5 Å². The molecule has 2 N–H and O–H groups in total. The Bertz CT molecular complexity index is 1390. The molecule has 0 aliphatic carbocycles. The van der Waals surface area contributed by atoms with Crippen molar-refractivity contribution in [1.82, 2.24) is 4.90 Å². The quantitative estimate of drug-likeness (QED) is 0.237. The average Bonchev–Trinajstić information content (AvgIpc) is 3.03. The highest BCUT2D eigenvalue weighted by molar-refractivity contribution is 6.27. The first-order valence-electron chi connectivity index (χ1n) is 14.2. The highest BCUT2D eigenvalue weighted by Crippen LogP contribution is 2.43. The molecule has 7 rings (SSSR count). The standard InChI is InChI=1S/C33H33NO2.C2H2O4/c1-4-12-26(13-5-1)31(27-14-6-2-7-15-27)32-33(28-19-21-34(32)22-20-28)35-24-25-11-10-18-30(23-25)36-29-16-8-3-9-17-29;3-1(4)2(5)6/h1-18,23,28,31-33H,19-22,24H2;(H,3,4)(H,5,6). The topological polar surface area (TPSA) is 96.3 Å². The second-order valence-electron chi connectivity index (χ2n) is 10.6. The third kappa shape index (κ3) is 7.24. The minimum Gasteiger partial charge on any atom is -0.473 e. The Morgan fingerprint density at radius 3 is 1.79 bits per heavy atom. The Kier molecular flexibility index (Phi) is 9.64. The van der Waals surface area contributed by atoms with Gasteiger partial charge < -0.3 is 19.7 Å². The summed E-state index contributed by atoms with van der Waals surface area (Å²) in [7, 11) is 0. The Hall–Kier alpha value is -4.46. The van der Waals surface area contributed by atoms with Crippen molar-refractivity contribution in [3.63, 3.8) is 0 Å². The molecule has 2 unspecified atom stereocenters. The van der Waals surface area contributed by atoms with Crippen LogP contribution in [-0.2, 0) is 20.9 Å². The number of carboxylic acid groups (broad SMARTS) is 2. The molecule has 0 radical (unpaired) electrons. The summed E-state index contributed by atoms with van der Waals surface area (Å²) in [5.74, 6) is -1.07. The molecule has 0 amide bonds. The van der Waals surface area contributed by atoms with Crippen LogP contribution < -0.4 is 4.74 Å². The number of hydrogen-bond donors (Lipinski definition) is 2. The lowest BCUT2D eigenvalue weighted by atomic mass is 9.72. The van der Waals surface area contributed by atoms with Crippen LogP contribution in [0.2, 0.25) is 0 Å². The molecule has 7 heteroatoms. The molecule has 3 aliphatic rings. The third-order valence-corrected chi connectivity index (χ3v) is 7.96. The van der Waals surface area contributed by atoms with Crippen LogP contribution >= 0.6 is 0 Å². The molecule has 3 aliphatic heterocycles. The van der Waals surface area contributed by atoms with E-state index in [2.05, 4.69) is 83.8 Å². The van der Waals surface area contributed by atoms with E-state index in [0.717, 1.165) is 30.2 Å². The van der Waals surface area contributed by atoms with Gasteiger partial charge in [0.05, 0.1) is 12.7 Å². The van der Waals surface area contributed by atoms with Crippen LogP contribution in [0.25, 0.3) is 0 Å². The molecule has 3 heterocycles. The molecule has 2 atom stereocenters. The number of carbonyl (C=O) groups is 2. The van der Waals surface area contributed by atoms with Crippen molar-refractivity contribution < 1.29 is 29.3 Å². The molecule has 0 saturated carbocycles. The number of hydrogen-bond acceptors (Lipinski definition) is 5. The van der Waals surface area contributed by atoms with Crippen molar-refractivity contribution in [3.05, 3.63) is 132 Å². The Morgan fingerprint density at radius 1 is 0.714 bits per heavy atom. The summed E-state index contributed by atoms with van der Waals surface area (Å²) in [5.41, 5.74) is 3.89. The Labute approximate surface area is 246 Å². The lowest BCUT2D eigenvalue weighted by Gasteiger charge is -2.53. The van der Waals surface area contributed by atoms with Gasteiger partial charge in [-0.15, -0.1) is 0 Å². The van der Waals surface area contributed by atoms with E-state index < -0.39 is 11.9 Å². The van der Waals surface area contributed by atoms with Crippen LogP contribution in [0.3, 0.4) is 0 Å². The lowest BCUT2D eigenvalue weighted by Crippen LogP contribution is -2.60. The maximum Gasteiger partial charge on any atom is 0.414 e. The molecule has 216 valence electrons. The smallest absolute Gasteiger partial charge is 0.414 e. The maximum atomic E-state index is 9.10. The number of aliphatic carboxylic acids is 2. The molecule has 3 fully saturated rings. The van der Waals surface area contributed by atoms with E-state index in [1.807, 2.05) is 36.4 Å². The van der Waals surface area contributed by atoms with Crippen molar-refractivity contribution in [2.75, 3.05) is 13.1 Å². The van der Waals surface area contributed by atoms with Crippen LogP contribution in [0, 0.1) is 5.92 Å². The summed E-state index contributed by atoms with van der Waals surface area (Å²) in [6, 6.07) is 40.6. The van der Waals surface area contributed by atoms with Gasteiger partial charge in [-0.3, -0.25) is 4.90 Å². The van der Waals surface area contributed by atoms with E-state index in [1.165, 1.54) is 24.0 Å². The van der Waals surface area contributed by atoms with Crippen LogP contribution in [0.4, 0.5) is 0 Å². The average molecular weight is 566 g/mol. The van der Waals surface area contributed by atoms with Gasteiger partial charge in [0.15, 0.2) is 0 Å². The second kappa shape index (κ2) is 13.9. The van der Waals surface area contributed by atoms with Gasteiger partial charge in [-0.2, -0.15) is 0 Å². The van der Waals surface area contributed by atoms with Gasteiger partial charge >= 0.3 is 11.9 Å². The van der Waals surface area contributed by atoms with Gasteiger partial charge in [0.2, 0.25) is 0 Å². The fourth-order valence-corrected chi connectivity index (χ4v) is 6.09. The van der Waals surface area contributed by atoms with Gasteiger partial charge in [0, 0.05) is 12.0 Å². The van der Waals surface area contributed by atoms with Crippen molar-refractivity contribution in [3.8, 4) is 11.5 Å². The Morgan fingerprint density at radius 2 is 1.24 bits per heavy atom. The first-order valence-corrected chi connectivity index (χ1v) is 14.2. The monoisotopic (exact) mass is 565 g/mol. The summed E-state index contributed by atoms with van der Waals surface area (Å²) in [4.78, 5) is 20.9. The highest BCUT2D eigenvalue weighted by Gasteiger charge is 2.47. The van der Waals surface area contributed by atoms with Crippen molar-refractivity contribution in [1.29, 1.82) is 0 Å². The molecular formula is C35H35NO6. The summed E-state index contributed by atoms with van der Waals surface area (Å²) in [5, 5.41) is 14.8. The number of para-hydroxylation sites is 1. The number of nitrogens with zero attached hydrogens (tertiary/aromatic N) is 1. The highest BCUT2D eigenvalue weighted by atomic mass is 16.5. The largest absolute Gasteiger partial charge is 0.473 e. The van der Waals surface area contributed by atoms with E-state index in [-0.39, 0.29) is 12.0 Å². The lowest BCUT2D eigenvalue weighted by molar-refractivity contribution is -0.159. The Balaban J connectivity index is 0.000000535. The zero-order valence-corrected chi connectivity index (χ0v) is 23.3. The van der Waals surface area contributed by atoms with Gasteiger partial charge in [-0.25, -0.2) is 9.59 Å². The van der Waals surface area contributed by atoms with Crippen molar-refractivity contribution in [2.45, 2.75) is 37.5 Å². The predicted octanol–water partition coefficient (Wildman–Crippen LogP) is 6.45. The number of fused-ring (bicyclic) bond motifs is 3. The first kappa shape index (κ1) is 29.0.